The van der Waals surface area contributed by atoms with E-state index in [0.717, 1.165) is 22.8 Å². The molecule has 0 aliphatic rings. The molecule has 35 heavy (non-hydrogen) atoms. The first-order valence-electron chi connectivity index (χ1n) is 10.1. The Labute approximate surface area is 194 Å². The third kappa shape index (κ3) is 5.49. The second-order valence-electron chi connectivity index (χ2n) is 8.58. The lowest BCUT2D eigenvalue weighted by atomic mass is 9.96. The Bertz CT molecular complexity index is 1320. The molecule has 0 fully saturated rings. The maximum Gasteiger partial charge on any atom is 0.422 e. The number of aromatic nitrogens is 3. The van der Waals surface area contributed by atoms with Crippen molar-refractivity contribution in [2.45, 2.75) is 32.4 Å². The van der Waals surface area contributed by atoms with Crippen molar-refractivity contribution in [1.29, 1.82) is 0 Å². The number of hydrogen-bond acceptors (Lipinski definition) is 4. The van der Waals surface area contributed by atoms with Crippen LogP contribution < -0.4 is 15.7 Å². The SMILES string of the molecule is Cn1c(C(C)(C)C)nn(-c2cc(OCC(F)(F)F)c(C(=O)Nc3c(F)cccc3F)cc2F)c1=O. The molecular formula is C22H20F6N4O3. The summed E-state index contributed by atoms with van der Waals surface area (Å²) in [5.41, 5.74) is -3.72. The van der Waals surface area contributed by atoms with Crippen LogP contribution >= 0.6 is 0 Å². The molecule has 3 rings (SSSR count). The highest BCUT2D eigenvalue weighted by Gasteiger charge is 2.31. The van der Waals surface area contributed by atoms with Gasteiger partial charge in [0.2, 0.25) is 0 Å². The largest absolute Gasteiger partial charge is 0.483 e. The molecule has 0 unspecified atom stereocenters. The molecule has 0 aliphatic carbocycles. The Morgan fingerprint density at radius 3 is 2.17 bits per heavy atom. The summed E-state index contributed by atoms with van der Waals surface area (Å²) in [5.74, 6) is -5.44. The van der Waals surface area contributed by atoms with Crippen molar-refractivity contribution in [3.8, 4) is 11.4 Å². The van der Waals surface area contributed by atoms with Crippen LogP contribution in [0.25, 0.3) is 5.69 Å². The molecule has 13 heteroatoms. The molecule has 0 radical (unpaired) electrons. The number of carbonyl (C=O) groups is 1. The van der Waals surface area contributed by atoms with Crippen LogP contribution in [0.15, 0.2) is 35.1 Å². The highest BCUT2D eigenvalue weighted by molar-refractivity contribution is 6.06. The van der Waals surface area contributed by atoms with Crippen LogP contribution in [0, 0.1) is 17.5 Å². The van der Waals surface area contributed by atoms with E-state index in [4.69, 9.17) is 4.74 Å². The molecule has 0 spiro atoms. The number of nitrogens with zero attached hydrogens (tertiary/aromatic N) is 3. The van der Waals surface area contributed by atoms with Gasteiger partial charge in [-0.3, -0.25) is 9.36 Å². The number of para-hydroxylation sites is 1. The fraction of sp³-hybridized carbons (Fsp3) is 0.318. The second kappa shape index (κ2) is 9.12. The summed E-state index contributed by atoms with van der Waals surface area (Å²) < 4.78 is 87.8. The molecule has 0 saturated carbocycles. The van der Waals surface area contributed by atoms with Crippen molar-refractivity contribution >= 4 is 11.6 Å². The van der Waals surface area contributed by atoms with Crippen molar-refractivity contribution in [3.05, 3.63) is 69.7 Å². The van der Waals surface area contributed by atoms with Crippen LogP contribution in [0.1, 0.15) is 37.0 Å². The number of amides is 1. The molecule has 2 aromatic carbocycles. The highest BCUT2D eigenvalue weighted by atomic mass is 19.4. The van der Waals surface area contributed by atoms with Crippen LogP contribution in [0.3, 0.4) is 0 Å². The summed E-state index contributed by atoms with van der Waals surface area (Å²) in [6, 6.07) is 3.89. The Morgan fingerprint density at radius 2 is 1.66 bits per heavy atom. The Balaban J connectivity index is 2.14. The van der Waals surface area contributed by atoms with Gasteiger partial charge in [0.15, 0.2) is 6.61 Å². The smallest absolute Gasteiger partial charge is 0.422 e. The zero-order valence-corrected chi connectivity index (χ0v) is 18.9. The highest BCUT2D eigenvalue weighted by Crippen LogP contribution is 2.29. The van der Waals surface area contributed by atoms with E-state index >= 15 is 4.39 Å². The summed E-state index contributed by atoms with van der Waals surface area (Å²) in [5, 5.41) is 5.93. The van der Waals surface area contributed by atoms with E-state index in [-0.39, 0.29) is 5.82 Å². The molecule has 3 aromatic rings. The zero-order chi connectivity index (χ0) is 26.3. The first-order chi connectivity index (χ1) is 16.1. The van der Waals surface area contributed by atoms with E-state index in [0.29, 0.717) is 16.8 Å². The Morgan fingerprint density at radius 1 is 1.06 bits per heavy atom. The maximum absolute atomic E-state index is 15.1. The van der Waals surface area contributed by atoms with E-state index in [1.54, 1.807) is 20.8 Å². The fourth-order valence-corrected chi connectivity index (χ4v) is 3.21. The topological polar surface area (TPSA) is 78.2 Å². The van der Waals surface area contributed by atoms with Crippen LogP contribution in [0.5, 0.6) is 5.75 Å². The van der Waals surface area contributed by atoms with Gasteiger partial charge in [0.25, 0.3) is 5.91 Å². The molecule has 0 saturated heterocycles. The third-order valence-corrected chi connectivity index (χ3v) is 4.77. The minimum atomic E-state index is -4.83. The van der Waals surface area contributed by atoms with Crippen LogP contribution in [0.2, 0.25) is 0 Å². The number of hydrogen-bond donors (Lipinski definition) is 1. The van der Waals surface area contributed by atoms with Crippen LogP contribution in [-0.4, -0.2) is 33.0 Å². The average molecular weight is 502 g/mol. The first kappa shape index (κ1) is 25.8. The van der Waals surface area contributed by atoms with E-state index in [9.17, 15) is 31.5 Å². The lowest BCUT2D eigenvalue weighted by Crippen LogP contribution is -2.25. The number of benzene rings is 2. The molecule has 188 valence electrons. The number of halogens is 6. The first-order valence-corrected chi connectivity index (χ1v) is 10.1. The molecule has 1 amide bonds. The number of nitrogens with one attached hydrogen (secondary N) is 1. The summed E-state index contributed by atoms with van der Waals surface area (Å²) in [4.78, 5) is 25.3. The normalized spacial score (nSPS) is 12.1. The molecule has 1 aromatic heterocycles. The molecule has 0 atom stereocenters. The maximum atomic E-state index is 15.1. The van der Waals surface area contributed by atoms with E-state index in [1.165, 1.54) is 7.05 Å². The predicted molar refractivity (Wildman–Crippen MR) is 113 cm³/mol. The predicted octanol–water partition coefficient (Wildman–Crippen LogP) is 4.48. The van der Waals surface area contributed by atoms with Crippen molar-refractivity contribution in [2.24, 2.45) is 7.05 Å². The summed E-state index contributed by atoms with van der Waals surface area (Å²) in [6.07, 6.45) is -4.83. The standard InChI is InChI=1S/C22H20F6N4O3/c1-21(2,3)19-30-32(20(34)31(19)4)15-9-16(35-10-22(26,27)28)11(8-14(15)25)18(33)29-17-12(23)6-5-7-13(17)24/h5-9H,10H2,1-4H3,(H,29,33). The van der Waals surface area contributed by atoms with Gasteiger partial charge in [-0.25, -0.2) is 18.0 Å². The molecule has 1 N–H and O–H groups in total. The van der Waals surface area contributed by atoms with Gasteiger partial charge in [0.1, 0.15) is 40.4 Å². The van der Waals surface area contributed by atoms with Crippen LogP contribution in [0.4, 0.5) is 32.0 Å². The van der Waals surface area contributed by atoms with Gasteiger partial charge in [0, 0.05) is 18.5 Å². The van der Waals surface area contributed by atoms with Gasteiger partial charge < -0.3 is 10.1 Å². The molecule has 1 heterocycles. The fourth-order valence-electron chi connectivity index (χ4n) is 3.21. The zero-order valence-electron chi connectivity index (χ0n) is 18.9. The molecular weight excluding hydrogens is 482 g/mol. The van der Waals surface area contributed by atoms with Crippen molar-refractivity contribution in [1.82, 2.24) is 14.3 Å². The Kier molecular flexibility index (Phi) is 6.73. The molecule has 7 nitrogen and oxygen atoms in total. The van der Waals surface area contributed by atoms with E-state index < -0.39 is 69.9 Å². The van der Waals surface area contributed by atoms with E-state index in [2.05, 4.69) is 5.10 Å². The minimum Gasteiger partial charge on any atom is -0.483 e. The summed E-state index contributed by atoms with van der Waals surface area (Å²) in [7, 11) is 1.39. The number of carbonyl (C=O) groups excluding carboxylic acids is 1. The van der Waals surface area contributed by atoms with Gasteiger partial charge >= 0.3 is 11.9 Å². The quantitative estimate of drug-likeness (QED) is 0.522. The van der Waals surface area contributed by atoms with Gasteiger partial charge in [0.05, 0.1) is 5.56 Å². The summed E-state index contributed by atoms with van der Waals surface area (Å²) in [6.45, 7) is 3.35. The third-order valence-electron chi connectivity index (χ3n) is 4.77. The van der Waals surface area contributed by atoms with Crippen molar-refractivity contribution in [2.75, 3.05) is 11.9 Å². The van der Waals surface area contributed by atoms with Gasteiger partial charge in [-0.05, 0) is 18.2 Å². The van der Waals surface area contributed by atoms with E-state index in [1.807, 2.05) is 5.32 Å². The number of ether oxygens (including phenoxy) is 1. The van der Waals surface area contributed by atoms with Crippen molar-refractivity contribution < 1.29 is 35.9 Å². The second-order valence-corrected chi connectivity index (χ2v) is 8.58. The van der Waals surface area contributed by atoms with Gasteiger partial charge in [-0.1, -0.05) is 26.8 Å². The van der Waals surface area contributed by atoms with Gasteiger partial charge in [-0.15, -0.1) is 5.10 Å². The number of alkyl halides is 3. The summed E-state index contributed by atoms with van der Waals surface area (Å²) >= 11 is 0. The minimum absolute atomic E-state index is 0.247. The molecule has 0 aliphatic heterocycles. The monoisotopic (exact) mass is 502 g/mol. The lowest BCUT2D eigenvalue weighted by molar-refractivity contribution is -0.153. The average Bonchev–Trinajstić information content (AvgIpc) is 3.04. The Hall–Kier alpha value is -3.77. The number of rotatable bonds is 5. The van der Waals surface area contributed by atoms with Crippen molar-refractivity contribution in [3.63, 3.8) is 0 Å². The lowest BCUT2D eigenvalue weighted by Gasteiger charge is -2.16. The molecule has 0 bridgehead atoms. The van der Waals surface area contributed by atoms with Gasteiger partial charge in [-0.2, -0.15) is 17.9 Å². The van der Waals surface area contributed by atoms with Crippen LogP contribution in [-0.2, 0) is 12.5 Å². The number of anilines is 1.